The third kappa shape index (κ3) is 3.68. The van der Waals surface area contributed by atoms with Crippen molar-refractivity contribution < 1.29 is 18.4 Å². The number of aromatic nitrogens is 1. The highest BCUT2D eigenvalue weighted by Gasteiger charge is 2.15. The molecule has 7 nitrogen and oxygen atoms in total. The van der Waals surface area contributed by atoms with Gasteiger partial charge in [-0.25, -0.2) is 4.98 Å². The summed E-state index contributed by atoms with van der Waals surface area (Å²) in [5.41, 5.74) is 6.30. The molecule has 0 aliphatic heterocycles. The van der Waals surface area contributed by atoms with Crippen LogP contribution in [0.25, 0.3) is 28.4 Å². The van der Waals surface area contributed by atoms with Crippen LogP contribution in [-0.2, 0) is 4.79 Å². The maximum Gasteiger partial charge on any atom is 0.270 e. The maximum absolute atomic E-state index is 12.7. The summed E-state index contributed by atoms with van der Waals surface area (Å²) in [6, 6.07) is 15.8. The number of amides is 2. The Bertz CT molecular complexity index is 1150. The molecule has 3 heterocycles. The molecule has 2 N–H and O–H groups in total. The summed E-state index contributed by atoms with van der Waals surface area (Å²) in [6.07, 6.45) is 5.80. The van der Waals surface area contributed by atoms with E-state index in [1.54, 1.807) is 36.4 Å². The first-order valence-electron chi connectivity index (χ1n) is 8.46. The second kappa shape index (κ2) is 7.63. The zero-order valence-corrected chi connectivity index (χ0v) is 14.6. The van der Waals surface area contributed by atoms with Gasteiger partial charge in [0.2, 0.25) is 0 Å². The van der Waals surface area contributed by atoms with E-state index in [0.717, 1.165) is 0 Å². The monoisotopic (exact) mass is 373 g/mol. The number of carbonyl (C=O) groups is 2. The topological polar surface area (TPSA) is 97.4 Å². The number of rotatable bonds is 4. The van der Waals surface area contributed by atoms with Gasteiger partial charge in [-0.1, -0.05) is 18.2 Å². The summed E-state index contributed by atoms with van der Waals surface area (Å²) in [5, 5.41) is 0.663. The number of nitrogens with one attached hydrogen (secondary N) is 2. The molecule has 0 atom stereocenters. The van der Waals surface area contributed by atoms with E-state index in [0.29, 0.717) is 33.7 Å². The number of nitrogens with zero attached hydrogens (tertiary/aromatic N) is 1. The summed E-state index contributed by atoms with van der Waals surface area (Å²) in [5.74, 6) is 0.121. The van der Waals surface area contributed by atoms with Gasteiger partial charge in [0, 0.05) is 11.5 Å². The first-order valence-corrected chi connectivity index (χ1v) is 8.46. The van der Waals surface area contributed by atoms with E-state index >= 15 is 0 Å². The van der Waals surface area contributed by atoms with Crippen LogP contribution in [0.5, 0.6) is 0 Å². The average Bonchev–Trinajstić information content (AvgIpc) is 3.43. The summed E-state index contributed by atoms with van der Waals surface area (Å²) < 4.78 is 10.5. The Kier molecular flexibility index (Phi) is 4.71. The molecule has 0 aliphatic carbocycles. The van der Waals surface area contributed by atoms with Gasteiger partial charge in [-0.15, -0.1) is 0 Å². The molecule has 0 radical (unpaired) electrons. The van der Waals surface area contributed by atoms with E-state index in [9.17, 15) is 9.59 Å². The molecule has 7 heteroatoms. The van der Waals surface area contributed by atoms with Crippen LogP contribution >= 0.6 is 0 Å². The number of pyridine rings is 1. The third-order valence-electron chi connectivity index (χ3n) is 3.98. The number of fused-ring (bicyclic) bond motifs is 1. The van der Waals surface area contributed by atoms with E-state index in [4.69, 9.17) is 8.83 Å². The van der Waals surface area contributed by atoms with E-state index < -0.39 is 11.8 Å². The minimum absolute atomic E-state index is 0.368. The molecule has 138 valence electrons. The quantitative estimate of drug-likeness (QED) is 0.421. The van der Waals surface area contributed by atoms with E-state index in [-0.39, 0.29) is 0 Å². The van der Waals surface area contributed by atoms with Crippen molar-refractivity contribution in [3.63, 3.8) is 0 Å². The normalized spacial score (nSPS) is 11.0. The highest BCUT2D eigenvalue weighted by molar-refractivity contribution is 6.07. The number of furan rings is 2. The van der Waals surface area contributed by atoms with Crippen molar-refractivity contribution in [2.45, 2.75) is 0 Å². The molecule has 0 spiro atoms. The van der Waals surface area contributed by atoms with Gasteiger partial charge >= 0.3 is 0 Å². The fraction of sp³-hybridized carbons (Fsp3) is 0. The molecule has 0 bridgehead atoms. The summed E-state index contributed by atoms with van der Waals surface area (Å²) in [4.78, 5) is 29.1. The molecule has 4 aromatic rings. The Hall–Kier alpha value is -4.13. The van der Waals surface area contributed by atoms with Crippen molar-refractivity contribution in [3.05, 3.63) is 84.5 Å². The van der Waals surface area contributed by atoms with Crippen LogP contribution in [0.15, 0.2) is 82.0 Å². The zero-order chi connectivity index (χ0) is 19.3. The van der Waals surface area contributed by atoms with Crippen LogP contribution in [0.4, 0.5) is 0 Å². The van der Waals surface area contributed by atoms with Crippen molar-refractivity contribution in [3.8, 4) is 11.5 Å². The van der Waals surface area contributed by atoms with Crippen molar-refractivity contribution in [1.82, 2.24) is 15.8 Å². The van der Waals surface area contributed by atoms with Crippen molar-refractivity contribution in [2.75, 3.05) is 0 Å². The highest BCUT2D eigenvalue weighted by atomic mass is 16.3. The van der Waals surface area contributed by atoms with Crippen LogP contribution in [0.2, 0.25) is 0 Å². The SMILES string of the molecule is O=C(/C=C/c1ccco1)NNC(=O)c1cc(-c2ccco2)nc2ccccc12. The number of hydrogen-bond donors (Lipinski definition) is 2. The van der Waals surface area contributed by atoms with Gasteiger partial charge in [-0.2, -0.15) is 0 Å². The lowest BCUT2D eigenvalue weighted by atomic mass is 10.1. The van der Waals surface area contributed by atoms with E-state index in [1.165, 1.54) is 24.7 Å². The van der Waals surface area contributed by atoms with Crippen molar-refractivity contribution in [2.24, 2.45) is 0 Å². The van der Waals surface area contributed by atoms with Crippen molar-refractivity contribution >= 4 is 28.8 Å². The van der Waals surface area contributed by atoms with Gasteiger partial charge < -0.3 is 8.83 Å². The number of hydrogen-bond acceptors (Lipinski definition) is 5. The highest BCUT2D eigenvalue weighted by Crippen LogP contribution is 2.25. The van der Waals surface area contributed by atoms with E-state index in [2.05, 4.69) is 15.8 Å². The molecule has 4 rings (SSSR count). The van der Waals surface area contributed by atoms with E-state index in [1.807, 2.05) is 18.2 Å². The fourth-order valence-electron chi connectivity index (χ4n) is 2.69. The minimum atomic E-state index is -0.491. The Morgan fingerprint density at radius 2 is 1.75 bits per heavy atom. The second-order valence-electron chi connectivity index (χ2n) is 5.84. The van der Waals surface area contributed by atoms with Gasteiger partial charge in [0.25, 0.3) is 11.8 Å². The predicted octanol–water partition coefficient (Wildman–Crippen LogP) is 3.56. The average molecular weight is 373 g/mol. The lowest BCUT2D eigenvalue weighted by molar-refractivity contribution is -0.117. The largest absolute Gasteiger partial charge is 0.465 e. The summed E-state index contributed by atoms with van der Waals surface area (Å²) in [7, 11) is 0. The Morgan fingerprint density at radius 1 is 0.929 bits per heavy atom. The maximum atomic E-state index is 12.7. The molecule has 0 fully saturated rings. The smallest absolute Gasteiger partial charge is 0.270 e. The van der Waals surface area contributed by atoms with Crippen LogP contribution in [0.1, 0.15) is 16.1 Å². The Morgan fingerprint density at radius 3 is 2.54 bits per heavy atom. The fourth-order valence-corrected chi connectivity index (χ4v) is 2.69. The standard InChI is InChI=1S/C21H15N3O4/c25-20(10-9-14-5-3-11-27-14)23-24-21(26)16-13-18(19-8-4-12-28-19)22-17-7-2-1-6-15(16)17/h1-13H,(H,23,25)(H,24,26)/b10-9+. The number of carbonyl (C=O) groups excluding carboxylic acids is 2. The molecular weight excluding hydrogens is 358 g/mol. The number of para-hydroxylation sites is 1. The Balaban J connectivity index is 1.55. The van der Waals surface area contributed by atoms with Crippen LogP contribution in [0, 0.1) is 0 Å². The second-order valence-corrected chi connectivity index (χ2v) is 5.84. The molecular formula is C21H15N3O4. The van der Waals surface area contributed by atoms with Gasteiger partial charge in [0.1, 0.15) is 11.5 Å². The summed E-state index contributed by atoms with van der Waals surface area (Å²) in [6.45, 7) is 0. The van der Waals surface area contributed by atoms with Crippen LogP contribution in [0.3, 0.4) is 0 Å². The van der Waals surface area contributed by atoms with Gasteiger partial charge in [-0.3, -0.25) is 20.4 Å². The van der Waals surface area contributed by atoms with Gasteiger partial charge in [0.05, 0.1) is 23.6 Å². The van der Waals surface area contributed by atoms with Gasteiger partial charge in [-0.05, 0) is 42.5 Å². The lowest BCUT2D eigenvalue weighted by Gasteiger charge is -2.09. The summed E-state index contributed by atoms with van der Waals surface area (Å²) >= 11 is 0. The predicted molar refractivity (Wildman–Crippen MR) is 103 cm³/mol. The number of hydrazine groups is 1. The molecule has 0 unspecified atom stereocenters. The van der Waals surface area contributed by atoms with Gasteiger partial charge in [0.15, 0.2) is 5.76 Å². The molecule has 3 aromatic heterocycles. The van der Waals surface area contributed by atoms with Crippen LogP contribution < -0.4 is 10.9 Å². The molecule has 0 saturated heterocycles. The number of benzene rings is 1. The minimum Gasteiger partial charge on any atom is -0.465 e. The first-order chi connectivity index (χ1) is 13.7. The zero-order valence-electron chi connectivity index (χ0n) is 14.6. The first kappa shape index (κ1) is 17.3. The molecule has 1 aromatic carbocycles. The molecule has 0 aliphatic rings. The third-order valence-corrected chi connectivity index (χ3v) is 3.98. The Labute approximate surface area is 159 Å². The molecule has 2 amide bonds. The van der Waals surface area contributed by atoms with Crippen molar-refractivity contribution in [1.29, 1.82) is 0 Å². The van der Waals surface area contributed by atoms with Crippen LogP contribution in [-0.4, -0.2) is 16.8 Å². The molecule has 28 heavy (non-hydrogen) atoms. The molecule has 0 saturated carbocycles. The lowest BCUT2D eigenvalue weighted by Crippen LogP contribution is -2.40.